The quantitative estimate of drug-likeness (QED) is 0.548. The molecule has 5 heteroatoms. The minimum Gasteiger partial charge on any atom is -0.444 e. The molecule has 0 aliphatic carbocycles. The Bertz CT molecular complexity index is 319. The van der Waals surface area contributed by atoms with E-state index in [1.54, 1.807) is 26.8 Å². The van der Waals surface area contributed by atoms with Gasteiger partial charge in [0.05, 0.1) is 12.5 Å². The molecule has 0 bridgehead atoms. The van der Waals surface area contributed by atoms with Crippen molar-refractivity contribution in [2.45, 2.75) is 45.3 Å². The summed E-state index contributed by atoms with van der Waals surface area (Å²) in [6.45, 7) is 8.95. The molecule has 0 aromatic rings. The Morgan fingerprint density at radius 3 is 2.82 bits per heavy atom. The maximum atomic E-state index is 11.9. The predicted molar refractivity (Wildman–Crippen MR) is 62.3 cm³/mol. The fraction of sp³-hybridized carbons (Fsp3) is 0.667. The molecule has 5 nitrogen and oxygen atoms in total. The molecule has 0 aromatic heterocycles. The molecular weight excluding hydrogens is 222 g/mol. The van der Waals surface area contributed by atoms with Crippen LogP contribution in [-0.2, 0) is 14.3 Å². The van der Waals surface area contributed by atoms with E-state index >= 15 is 0 Å². The Balaban J connectivity index is 2.69. The van der Waals surface area contributed by atoms with Gasteiger partial charge in [-0.3, -0.25) is 9.69 Å². The van der Waals surface area contributed by atoms with Crippen LogP contribution in [0.4, 0.5) is 4.79 Å². The molecule has 1 heterocycles. The molecular formula is C12H19NO4. The van der Waals surface area contributed by atoms with E-state index in [9.17, 15) is 9.59 Å². The van der Waals surface area contributed by atoms with E-state index in [0.717, 1.165) is 0 Å². The first-order valence-electron chi connectivity index (χ1n) is 5.59. The van der Waals surface area contributed by atoms with Crippen LogP contribution in [0.25, 0.3) is 0 Å². The zero-order valence-electron chi connectivity index (χ0n) is 10.6. The number of nitrogens with zero attached hydrogens (tertiary/aromatic N) is 1. The van der Waals surface area contributed by atoms with Crippen LogP contribution in [0.2, 0.25) is 0 Å². The number of rotatable bonds is 2. The number of amides is 1. The van der Waals surface area contributed by atoms with Crippen LogP contribution in [0, 0.1) is 0 Å². The lowest BCUT2D eigenvalue weighted by Gasteiger charge is -2.35. The van der Waals surface area contributed by atoms with Crippen LogP contribution >= 0.6 is 0 Å². The highest BCUT2D eigenvalue weighted by Gasteiger charge is 2.33. The lowest BCUT2D eigenvalue weighted by molar-refractivity contribution is -0.158. The van der Waals surface area contributed by atoms with Gasteiger partial charge in [-0.25, -0.2) is 4.79 Å². The normalized spacial score (nSPS) is 20.8. The van der Waals surface area contributed by atoms with E-state index < -0.39 is 11.7 Å². The molecule has 1 aliphatic heterocycles. The summed E-state index contributed by atoms with van der Waals surface area (Å²) in [4.78, 5) is 24.5. The summed E-state index contributed by atoms with van der Waals surface area (Å²) in [6.07, 6.45) is 1.96. The summed E-state index contributed by atoms with van der Waals surface area (Å²) < 4.78 is 10.1. The fourth-order valence-corrected chi connectivity index (χ4v) is 1.53. The topological polar surface area (TPSA) is 55.8 Å². The van der Waals surface area contributed by atoms with Gasteiger partial charge in [0, 0.05) is 0 Å². The first kappa shape index (κ1) is 13.5. The second-order valence-corrected chi connectivity index (χ2v) is 4.98. The number of ether oxygens (including phenoxy) is 2. The maximum Gasteiger partial charge on any atom is 0.413 e. The van der Waals surface area contributed by atoms with Gasteiger partial charge in [-0.05, 0) is 27.2 Å². The van der Waals surface area contributed by atoms with Crippen molar-refractivity contribution in [1.29, 1.82) is 0 Å². The second kappa shape index (κ2) is 5.21. The summed E-state index contributed by atoms with van der Waals surface area (Å²) in [5.41, 5.74) is -0.558. The van der Waals surface area contributed by atoms with Gasteiger partial charge >= 0.3 is 12.1 Å². The number of cyclic esters (lactones) is 1. The van der Waals surface area contributed by atoms with E-state index in [4.69, 9.17) is 9.47 Å². The van der Waals surface area contributed by atoms with Crippen LogP contribution in [0.15, 0.2) is 12.7 Å². The van der Waals surface area contributed by atoms with Crippen molar-refractivity contribution in [2.24, 2.45) is 0 Å². The fourth-order valence-electron chi connectivity index (χ4n) is 1.53. The van der Waals surface area contributed by atoms with Crippen molar-refractivity contribution in [3.05, 3.63) is 12.7 Å². The van der Waals surface area contributed by atoms with Crippen molar-refractivity contribution < 1.29 is 19.1 Å². The highest BCUT2D eigenvalue weighted by Crippen LogP contribution is 2.19. The average molecular weight is 241 g/mol. The Kier molecular flexibility index (Phi) is 4.15. The lowest BCUT2D eigenvalue weighted by Crippen LogP contribution is -2.49. The molecule has 1 aliphatic rings. The third-order valence-corrected chi connectivity index (χ3v) is 2.27. The molecule has 0 spiro atoms. The van der Waals surface area contributed by atoms with Gasteiger partial charge in [-0.1, -0.05) is 6.08 Å². The first-order valence-corrected chi connectivity index (χ1v) is 5.59. The van der Waals surface area contributed by atoms with E-state index in [-0.39, 0.29) is 25.2 Å². The van der Waals surface area contributed by atoms with Crippen LogP contribution in [-0.4, -0.2) is 35.3 Å². The lowest BCUT2D eigenvalue weighted by atomic mass is 10.1. The standard InChI is InChI=1S/C12H19NO4/c1-5-6-9-7-10(14)16-8-13(9)11(15)17-12(2,3)4/h5,9H,1,6-8H2,2-4H3/t9-/m0/s1. The molecule has 1 amide bonds. The Morgan fingerprint density at radius 2 is 2.29 bits per heavy atom. The van der Waals surface area contributed by atoms with Gasteiger partial charge < -0.3 is 9.47 Å². The van der Waals surface area contributed by atoms with Crippen molar-refractivity contribution in [3.63, 3.8) is 0 Å². The molecule has 0 unspecified atom stereocenters. The van der Waals surface area contributed by atoms with Crippen LogP contribution in [0.5, 0.6) is 0 Å². The molecule has 1 rings (SSSR count). The van der Waals surface area contributed by atoms with Crippen molar-refractivity contribution >= 4 is 12.1 Å². The number of carbonyl (C=O) groups is 2. The maximum absolute atomic E-state index is 11.9. The third kappa shape index (κ3) is 4.09. The Morgan fingerprint density at radius 1 is 1.65 bits per heavy atom. The van der Waals surface area contributed by atoms with E-state index in [1.807, 2.05) is 0 Å². The van der Waals surface area contributed by atoms with Crippen LogP contribution in [0.1, 0.15) is 33.6 Å². The van der Waals surface area contributed by atoms with Gasteiger partial charge in [0.15, 0.2) is 6.73 Å². The monoisotopic (exact) mass is 241 g/mol. The number of carbonyl (C=O) groups excluding carboxylic acids is 2. The van der Waals surface area contributed by atoms with Gasteiger partial charge in [0.25, 0.3) is 0 Å². The van der Waals surface area contributed by atoms with Gasteiger partial charge in [-0.2, -0.15) is 0 Å². The molecule has 1 saturated heterocycles. The van der Waals surface area contributed by atoms with Crippen molar-refractivity contribution in [1.82, 2.24) is 4.90 Å². The van der Waals surface area contributed by atoms with Crippen molar-refractivity contribution in [3.8, 4) is 0 Å². The van der Waals surface area contributed by atoms with Crippen molar-refractivity contribution in [2.75, 3.05) is 6.73 Å². The molecule has 0 radical (unpaired) electrons. The first-order chi connectivity index (χ1) is 7.83. The van der Waals surface area contributed by atoms with E-state index in [2.05, 4.69) is 6.58 Å². The summed E-state index contributed by atoms with van der Waals surface area (Å²) in [7, 11) is 0. The summed E-state index contributed by atoms with van der Waals surface area (Å²) in [5.74, 6) is -0.295. The molecule has 0 saturated carbocycles. The van der Waals surface area contributed by atoms with Crippen LogP contribution in [0.3, 0.4) is 0 Å². The Hall–Kier alpha value is -1.52. The highest BCUT2D eigenvalue weighted by atomic mass is 16.6. The zero-order chi connectivity index (χ0) is 13.1. The number of hydrogen-bond acceptors (Lipinski definition) is 4. The predicted octanol–water partition coefficient (Wildman–Crippen LogP) is 2.07. The smallest absolute Gasteiger partial charge is 0.413 e. The minimum absolute atomic E-state index is 0.0494. The summed E-state index contributed by atoms with van der Waals surface area (Å²) in [5, 5.41) is 0. The Labute approximate surface area is 101 Å². The zero-order valence-corrected chi connectivity index (χ0v) is 10.6. The number of hydrogen-bond donors (Lipinski definition) is 0. The highest BCUT2D eigenvalue weighted by molar-refractivity contribution is 5.75. The van der Waals surface area contributed by atoms with E-state index in [0.29, 0.717) is 6.42 Å². The summed E-state index contributed by atoms with van der Waals surface area (Å²) >= 11 is 0. The molecule has 0 aromatic carbocycles. The molecule has 0 N–H and O–H groups in total. The summed E-state index contributed by atoms with van der Waals surface area (Å²) in [6, 6.07) is -0.219. The molecule has 96 valence electrons. The second-order valence-electron chi connectivity index (χ2n) is 4.98. The van der Waals surface area contributed by atoms with Gasteiger partial charge in [0.2, 0.25) is 0 Å². The average Bonchev–Trinajstić information content (AvgIpc) is 2.15. The largest absolute Gasteiger partial charge is 0.444 e. The molecule has 1 fully saturated rings. The third-order valence-electron chi connectivity index (χ3n) is 2.27. The minimum atomic E-state index is -0.558. The molecule has 1 atom stereocenters. The van der Waals surface area contributed by atoms with Crippen LogP contribution < -0.4 is 0 Å². The number of esters is 1. The van der Waals surface area contributed by atoms with Gasteiger partial charge in [0.1, 0.15) is 5.60 Å². The SMILES string of the molecule is C=CC[C@H]1CC(=O)OCN1C(=O)OC(C)(C)C. The van der Waals surface area contributed by atoms with Gasteiger partial charge in [-0.15, -0.1) is 6.58 Å². The van der Waals surface area contributed by atoms with E-state index in [1.165, 1.54) is 4.90 Å². The molecule has 17 heavy (non-hydrogen) atoms.